The molecule has 0 radical (unpaired) electrons. The van der Waals surface area contributed by atoms with Gasteiger partial charge in [-0.3, -0.25) is 4.98 Å². The monoisotopic (exact) mass is 430 g/mol. The first-order valence-electron chi connectivity index (χ1n) is 9.76. The predicted molar refractivity (Wildman–Crippen MR) is 119 cm³/mol. The Hall–Kier alpha value is -1.79. The number of rotatable bonds is 8. The van der Waals surface area contributed by atoms with Crippen LogP contribution in [0, 0.1) is 0 Å². The Kier molecular flexibility index (Phi) is 7.41. The molecule has 0 amide bonds. The molecule has 3 aromatic rings. The number of hydrogen-bond acceptors (Lipinski definition) is 4. The highest BCUT2D eigenvalue weighted by molar-refractivity contribution is 7.99. The van der Waals surface area contributed by atoms with Crippen molar-refractivity contribution in [2.24, 2.45) is 0 Å². The van der Waals surface area contributed by atoms with Crippen molar-refractivity contribution in [3.63, 3.8) is 0 Å². The maximum Gasteiger partial charge on any atom is 0.0840 e. The maximum atomic E-state index is 10.3. The Balaban J connectivity index is 2.19. The van der Waals surface area contributed by atoms with Crippen molar-refractivity contribution >= 4 is 23.4 Å². The molecule has 4 nitrogen and oxygen atoms in total. The fourth-order valence-corrected chi connectivity index (χ4v) is 5.17. The molecule has 0 spiro atoms. The highest BCUT2D eigenvalue weighted by Crippen LogP contribution is 2.41. The van der Waals surface area contributed by atoms with Gasteiger partial charge < -0.3 is 14.8 Å². The molecule has 0 fully saturated rings. The molecular weight excluding hydrogens is 404 g/mol. The summed E-state index contributed by atoms with van der Waals surface area (Å²) in [6.45, 7) is 6.64. The lowest BCUT2D eigenvalue weighted by Gasteiger charge is -2.15. The number of aliphatic hydroxyl groups is 2. The van der Waals surface area contributed by atoms with E-state index < -0.39 is 6.10 Å². The predicted octanol–water partition coefficient (Wildman–Crippen LogP) is 5.28. The summed E-state index contributed by atoms with van der Waals surface area (Å²) in [6.07, 6.45) is 3.58. The third-order valence-electron chi connectivity index (χ3n) is 4.80. The van der Waals surface area contributed by atoms with E-state index in [0.29, 0.717) is 18.0 Å². The number of benzene rings is 1. The van der Waals surface area contributed by atoms with Gasteiger partial charge in [0.15, 0.2) is 0 Å². The van der Waals surface area contributed by atoms with E-state index in [9.17, 15) is 10.2 Å². The molecule has 2 aromatic heterocycles. The smallest absolute Gasteiger partial charge is 0.0840 e. The molecule has 6 heteroatoms. The van der Waals surface area contributed by atoms with Gasteiger partial charge in [0.05, 0.1) is 17.7 Å². The topological polar surface area (TPSA) is 58.3 Å². The maximum absolute atomic E-state index is 10.3. The zero-order chi connectivity index (χ0) is 21.0. The second-order valence-electron chi connectivity index (χ2n) is 7.51. The van der Waals surface area contributed by atoms with Crippen LogP contribution in [0.1, 0.15) is 49.1 Å². The summed E-state index contributed by atoms with van der Waals surface area (Å²) in [6, 6.07) is 11.8. The molecular formula is C23H27ClN2O2S. The lowest BCUT2D eigenvalue weighted by Crippen LogP contribution is -2.10. The van der Waals surface area contributed by atoms with E-state index in [1.807, 2.05) is 36.4 Å². The second kappa shape index (κ2) is 9.81. The largest absolute Gasteiger partial charge is 0.393 e. The average molecular weight is 431 g/mol. The molecule has 2 N–H and O–H groups in total. The number of halogens is 1. The van der Waals surface area contributed by atoms with Crippen molar-refractivity contribution < 1.29 is 10.2 Å². The summed E-state index contributed by atoms with van der Waals surface area (Å²) < 4.78 is 2.17. The summed E-state index contributed by atoms with van der Waals surface area (Å²) in [5.41, 5.74) is 4.18. The zero-order valence-corrected chi connectivity index (χ0v) is 18.5. The molecule has 0 aliphatic carbocycles. The Labute approximate surface area is 181 Å². The van der Waals surface area contributed by atoms with Gasteiger partial charge in [0.2, 0.25) is 0 Å². The average Bonchev–Trinajstić information content (AvgIpc) is 2.94. The van der Waals surface area contributed by atoms with Gasteiger partial charge in [0, 0.05) is 41.0 Å². The van der Waals surface area contributed by atoms with Gasteiger partial charge in [-0.15, -0.1) is 0 Å². The highest BCUT2D eigenvalue weighted by atomic mass is 35.5. The first kappa shape index (κ1) is 21.9. The Morgan fingerprint density at radius 3 is 2.45 bits per heavy atom. The minimum absolute atomic E-state index is 0.0804. The molecule has 0 aliphatic heterocycles. The van der Waals surface area contributed by atoms with Crippen LogP contribution in [0.15, 0.2) is 58.7 Å². The summed E-state index contributed by atoms with van der Waals surface area (Å²) in [5.74, 6) is 0.245. The van der Waals surface area contributed by atoms with E-state index in [4.69, 9.17) is 11.6 Å². The van der Waals surface area contributed by atoms with Gasteiger partial charge in [-0.2, -0.15) is 0 Å². The van der Waals surface area contributed by atoms with Crippen LogP contribution in [0.25, 0.3) is 0 Å². The number of nitrogens with zero attached hydrogens (tertiary/aromatic N) is 2. The van der Waals surface area contributed by atoms with Crippen LogP contribution >= 0.6 is 23.4 Å². The first-order chi connectivity index (χ1) is 13.9. The fraction of sp³-hybridized carbons (Fsp3) is 0.348. The van der Waals surface area contributed by atoms with Gasteiger partial charge >= 0.3 is 0 Å². The SMILES string of the molecule is CC(O)Cc1c(C(C)C)c(Sc2cccc(Cl)c2)n(Cc2ccncc2)c1CO. The van der Waals surface area contributed by atoms with Crippen molar-refractivity contribution in [1.82, 2.24) is 9.55 Å². The van der Waals surface area contributed by atoms with E-state index in [-0.39, 0.29) is 12.5 Å². The van der Waals surface area contributed by atoms with Gasteiger partial charge in [-0.1, -0.05) is 43.3 Å². The first-order valence-corrected chi connectivity index (χ1v) is 11.0. The van der Waals surface area contributed by atoms with Crippen LogP contribution in [0.5, 0.6) is 0 Å². The number of aliphatic hydroxyl groups excluding tert-OH is 2. The second-order valence-corrected chi connectivity index (χ2v) is 9.01. The Morgan fingerprint density at radius 2 is 1.86 bits per heavy atom. The third-order valence-corrected chi connectivity index (χ3v) is 6.16. The lowest BCUT2D eigenvalue weighted by atomic mass is 9.96. The summed E-state index contributed by atoms with van der Waals surface area (Å²) in [4.78, 5) is 5.15. The fourth-order valence-electron chi connectivity index (χ4n) is 3.60. The summed E-state index contributed by atoms with van der Waals surface area (Å²) in [7, 11) is 0. The molecule has 29 heavy (non-hydrogen) atoms. The molecule has 1 unspecified atom stereocenters. The van der Waals surface area contributed by atoms with Crippen molar-refractivity contribution in [2.45, 2.75) is 62.3 Å². The quantitative estimate of drug-likeness (QED) is 0.510. The third kappa shape index (κ3) is 5.23. The standard InChI is InChI=1S/C23H27ClN2O2S/c1-15(2)22-20(11-16(3)28)21(14-27)26(13-17-7-9-25-10-8-17)23(22)29-19-6-4-5-18(24)12-19/h4-10,12,15-16,27-28H,11,13-14H2,1-3H3. The van der Waals surface area contributed by atoms with E-state index in [2.05, 4.69) is 23.4 Å². The van der Waals surface area contributed by atoms with Crippen LogP contribution in [-0.2, 0) is 19.6 Å². The summed E-state index contributed by atoms with van der Waals surface area (Å²) >= 11 is 7.87. The van der Waals surface area contributed by atoms with Crippen molar-refractivity contribution in [2.75, 3.05) is 0 Å². The molecule has 2 heterocycles. The Bertz CT molecular complexity index is 955. The van der Waals surface area contributed by atoms with E-state index >= 15 is 0 Å². The van der Waals surface area contributed by atoms with Crippen LogP contribution < -0.4 is 0 Å². The molecule has 0 saturated carbocycles. The van der Waals surface area contributed by atoms with E-state index in [1.165, 1.54) is 5.56 Å². The van der Waals surface area contributed by atoms with Gasteiger partial charge in [-0.25, -0.2) is 0 Å². The molecule has 0 saturated heterocycles. The summed E-state index contributed by atoms with van der Waals surface area (Å²) in [5, 5.41) is 22.2. The van der Waals surface area contributed by atoms with Gasteiger partial charge in [0.1, 0.15) is 0 Å². The van der Waals surface area contributed by atoms with Crippen LogP contribution in [0.4, 0.5) is 0 Å². The highest BCUT2D eigenvalue weighted by Gasteiger charge is 2.25. The van der Waals surface area contributed by atoms with Gasteiger partial charge in [0.25, 0.3) is 0 Å². The molecule has 154 valence electrons. The van der Waals surface area contributed by atoms with Crippen LogP contribution in [0.3, 0.4) is 0 Å². The number of aromatic nitrogens is 2. The van der Waals surface area contributed by atoms with Crippen LogP contribution in [0.2, 0.25) is 5.02 Å². The number of hydrogen-bond donors (Lipinski definition) is 2. The van der Waals surface area contributed by atoms with E-state index in [1.54, 1.807) is 31.1 Å². The van der Waals surface area contributed by atoms with Gasteiger partial charge in [-0.05, 0) is 59.9 Å². The minimum atomic E-state index is -0.487. The molecule has 3 rings (SSSR count). The molecule has 1 atom stereocenters. The normalized spacial score (nSPS) is 12.5. The molecule has 0 aliphatic rings. The van der Waals surface area contributed by atoms with Crippen molar-refractivity contribution in [1.29, 1.82) is 0 Å². The number of pyridine rings is 1. The molecule has 1 aromatic carbocycles. The van der Waals surface area contributed by atoms with Crippen molar-refractivity contribution in [3.05, 3.63) is 76.2 Å². The van der Waals surface area contributed by atoms with Crippen molar-refractivity contribution in [3.8, 4) is 0 Å². The molecule has 0 bridgehead atoms. The zero-order valence-electron chi connectivity index (χ0n) is 17.0. The minimum Gasteiger partial charge on any atom is -0.393 e. The lowest BCUT2D eigenvalue weighted by molar-refractivity contribution is 0.193. The van der Waals surface area contributed by atoms with Crippen LogP contribution in [-0.4, -0.2) is 25.9 Å². The Morgan fingerprint density at radius 1 is 1.14 bits per heavy atom. The van der Waals surface area contributed by atoms with E-state index in [0.717, 1.165) is 26.7 Å².